The van der Waals surface area contributed by atoms with E-state index in [1.54, 1.807) is 30.3 Å². The molecule has 0 aliphatic heterocycles. The summed E-state index contributed by atoms with van der Waals surface area (Å²) in [6.45, 7) is 2.97. The molecule has 214 valence electrons. The lowest BCUT2D eigenvalue weighted by Crippen LogP contribution is -2.40. The summed E-state index contributed by atoms with van der Waals surface area (Å²) in [4.78, 5) is 28.3. The van der Waals surface area contributed by atoms with Gasteiger partial charge < -0.3 is 19.7 Å². The van der Waals surface area contributed by atoms with Gasteiger partial charge >= 0.3 is 12.2 Å². The van der Waals surface area contributed by atoms with Crippen molar-refractivity contribution in [3.05, 3.63) is 78.1 Å². The third-order valence-corrected chi connectivity index (χ3v) is 8.41. The third-order valence-electron chi connectivity index (χ3n) is 7.02. The minimum absolute atomic E-state index is 0.00670. The minimum atomic E-state index is -4.11. The van der Waals surface area contributed by atoms with Crippen LogP contribution in [0.5, 0.6) is 5.75 Å². The molecule has 4 aromatic rings. The highest BCUT2D eigenvalue weighted by Crippen LogP contribution is 2.31. The lowest BCUT2D eigenvalue weighted by molar-refractivity contribution is 0.145. The summed E-state index contributed by atoms with van der Waals surface area (Å²) >= 11 is 0. The largest absolute Gasteiger partial charge is 0.511 e. The number of unbranched alkanes of at least 4 members (excludes halogenated alkanes) is 1. The van der Waals surface area contributed by atoms with Gasteiger partial charge in [-0.05, 0) is 54.5 Å². The van der Waals surface area contributed by atoms with E-state index in [-0.39, 0.29) is 10.6 Å². The van der Waals surface area contributed by atoms with Gasteiger partial charge in [0.15, 0.2) is 5.75 Å². The molecule has 10 nitrogen and oxygen atoms in total. The predicted octanol–water partition coefficient (Wildman–Crippen LogP) is 5.55. The van der Waals surface area contributed by atoms with Gasteiger partial charge in [0, 0.05) is 25.1 Å². The van der Waals surface area contributed by atoms with Crippen molar-refractivity contribution in [2.75, 3.05) is 6.54 Å². The Morgan fingerprint density at radius 3 is 2.51 bits per heavy atom. The van der Waals surface area contributed by atoms with E-state index < -0.39 is 22.2 Å². The zero-order valence-electron chi connectivity index (χ0n) is 22.7. The lowest BCUT2D eigenvalue weighted by Gasteiger charge is -2.14. The molecule has 1 heterocycles. The van der Waals surface area contributed by atoms with Crippen LogP contribution >= 0.6 is 0 Å². The smallest absolute Gasteiger partial charge is 0.449 e. The van der Waals surface area contributed by atoms with Crippen LogP contribution in [0.3, 0.4) is 0 Å². The van der Waals surface area contributed by atoms with Crippen LogP contribution in [0.2, 0.25) is 0 Å². The number of imidazole rings is 1. The number of benzene rings is 3. The standard InChI is InChI=1S/C30H32N4O6S/c1-2-3-11-27-32-24-8-6-9-25(40-30(36)37)28(24)34(27)19-21-14-16-22(17-15-21)23-7-4-5-10-26(23)41(38,39)33-29(35)31-18-20-12-13-20/h4-10,14-17,20H,2-3,11-13,18-19H2,1H3,(H,36,37)(H2,31,33,35). The molecule has 1 fully saturated rings. The number of aryl methyl sites for hydroxylation is 1. The van der Waals surface area contributed by atoms with Crippen molar-refractivity contribution >= 4 is 33.2 Å². The van der Waals surface area contributed by atoms with Crippen LogP contribution in [0.25, 0.3) is 22.2 Å². The molecule has 0 atom stereocenters. The minimum Gasteiger partial charge on any atom is -0.449 e. The Bertz CT molecular complexity index is 1680. The second-order valence-corrected chi connectivity index (χ2v) is 11.8. The first-order valence-electron chi connectivity index (χ1n) is 13.6. The Labute approximate surface area is 238 Å². The Balaban J connectivity index is 1.42. The first-order valence-corrected chi connectivity index (χ1v) is 15.1. The number of para-hydroxylation sites is 1. The van der Waals surface area contributed by atoms with Crippen molar-refractivity contribution in [3.8, 4) is 16.9 Å². The van der Waals surface area contributed by atoms with Gasteiger partial charge in [-0.2, -0.15) is 0 Å². The Hall–Kier alpha value is -4.38. The molecule has 1 aliphatic rings. The van der Waals surface area contributed by atoms with Crippen molar-refractivity contribution in [2.24, 2.45) is 5.92 Å². The highest BCUT2D eigenvalue weighted by molar-refractivity contribution is 7.90. The Morgan fingerprint density at radius 1 is 1.05 bits per heavy atom. The van der Waals surface area contributed by atoms with E-state index >= 15 is 0 Å². The lowest BCUT2D eigenvalue weighted by atomic mass is 10.0. The van der Waals surface area contributed by atoms with E-state index in [4.69, 9.17) is 9.72 Å². The van der Waals surface area contributed by atoms with E-state index in [2.05, 4.69) is 17.0 Å². The van der Waals surface area contributed by atoms with Crippen molar-refractivity contribution in [2.45, 2.75) is 50.5 Å². The molecular weight excluding hydrogens is 544 g/mol. The Morgan fingerprint density at radius 2 is 1.80 bits per heavy atom. The number of hydrogen-bond donors (Lipinski definition) is 3. The van der Waals surface area contributed by atoms with E-state index in [1.807, 2.05) is 34.9 Å². The fourth-order valence-electron chi connectivity index (χ4n) is 4.76. The van der Waals surface area contributed by atoms with Gasteiger partial charge in [-0.3, -0.25) is 0 Å². The number of rotatable bonds is 11. The highest BCUT2D eigenvalue weighted by Gasteiger charge is 2.25. The Kier molecular flexibility index (Phi) is 8.25. The topological polar surface area (TPSA) is 140 Å². The zero-order chi connectivity index (χ0) is 29.0. The summed E-state index contributed by atoms with van der Waals surface area (Å²) in [7, 11) is -4.11. The number of hydrogen-bond acceptors (Lipinski definition) is 6. The molecule has 0 spiro atoms. The molecule has 11 heteroatoms. The molecule has 0 saturated heterocycles. The van der Waals surface area contributed by atoms with Crippen LogP contribution < -0.4 is 14.8 Å². The van der Waals surface area contributed by atoms with E-state index in [0.717, 1.165) is 43.5 Å². The fraction of sp³-hybridized carbons (Fsp3) is 0.300. The number of carbonyl (C=O) groups is 2. The number of urea groups is 1. The molecule has 41 heavy (non-hydrogen) atoms. The average molecular weight is 577 g/mol. The molecule has 3 aromatic carbocycles. The molecule has 1 aromatic heterocycles. The van der Waals surface area contributed by atoms with Crippen LogP contribution in [0.1, 0.15) is 44.0 Å². The number of carboxylic acid groups (broad SMARTS) is 1. The number of carbonyl (C=O) groups excluding carboxylic acids is 1. The quantitative estimate of drug-likeness (QED) is 0.157. The SMILES string of the molecule is CCCCc1nc2cccc(OC(=O)O)c2n1Cc1ccc(-c2ccccc2S(=O)(=O)NC(=O)NCC2CC2)cc1. The van der Waals surface area contributed by atoms with Crippen molar-refractivity contribution in [3.63, 3.8) is 0 Å². The van der Waals surface area contributed by atoms with Crippen molar-refractivity contribution in [1.29, 1.82) is 0 Å². The number of nitrogens with one attached hydrogen (secondary N) is 2. The van der Waals surface area contributed by atoms with Gasteiger partial charge in [0.05, 0.1) is 10.4 Å². The number of fused-ring (bicyclic) bond motifs is 1. The summed E-state index contributed by atoms with van der Waals surface area (Å²) in [6, 6.07) is 18.4. The molecule has 0 radical (unpaired) electrons. The summed E-state index contributed by atoms with van der Waals surface area (Å²) in [5, 5.41) is 11.9. The normalized spacial score (nSPS) is 13.2. The van der Waals surface area contributed by atoms with Crippen molar-refractivity contribution < 1.29 is 27.9 Å². The second-order valence-electron chi connectivity index (χ2n) is 10.2. The van der Waals surface area contributed by atoms with Crippen LogP contribution in [-0.4, -0.2) is 41.8 Å². The molecule has 3 N–H and O–H groups in total. The van der Waals surface area contributed by atoms with Gasteiger partial charge in [-0.15, -0.1) is 0 Å². The first kappa shape index (κ1) is 28.2. The van der Waals surface area contributed by atoms with Gasteiger partial charge in [0.2, 0.25) is 0 Å². The maximum atomic E-state index is 13.1. The summed E-state index contributed by atoms with van der Waals surface area (Å²) < 4.78 is 35.4. The van der Waals surface area contributed by atoms with Crippen LogP contribution in [0.4, 0.5) is 9.59 Å². The van der Waals surface area contributed by atoms with E-state index in [9.17, 15) is 23.1 Å². The van der Waals surface area contributed by atoms with Gasteiger partial charge in [-0.25, -0.2) is 27.7 Å². The van der Waals surface area contributed by atoms with Gasteiger partial charge in [0.25, 0.3) is 10.0 Å². The predicted molar refractivity (Wildman–Crippen MR) is 154 cm³/mol. The number of amides is 2. The average Bonchev–Trinajstić information content (AvgIpc) is 3.72. The molecule has 1 aliphatic carbocycles. The third kappa shape index (κ3) is 6.68. The summed E-state index contributed by atoms with van der Waals surface area (Å²) in [5.41, 5.74) is 3.31. The number of sulfonamides is 1. The summed E-state index contributed by atoms with van der Waals surface area (Å²) in [5.74, 6) is 1.47. The van der Waals surface area contributed by atoms with Crippen molar-refractivity contribution in [1.82, 2.24) is 19.6 Å². The molecular formula is C30H32N4O6S. The maximum absolute atomic E-state index is 13.1. The van der Waals surface area contributed by atoms with Gasteiger partial charge in [-0.1, -0.05) is 61.9 Å². The van der Waals surface area contributed by atoms with Crippen LogP contribution in [-0.2, 0) is 23.0 Å². The van der Waals surface area contributed by atoms with Crippen LogP contribution in [0, 0.1) is 5.92 Å². The van der Waals surface area contributed by atoms with Gasteiger partial charge in [0.1, 0.15) is 11.3 Å². The molecule has 2 amide bonds. The zero-order valence-corrected chi connectivity index (χ0v) is 23.5. The van der Waals surface area contributed by atoms with Crippen LogP contribution in [0.15, 0.2) is 71.6 Å². The molecule has 0 bridgehead atoms. The first-order chi connectivity index (χ1) is 19.7. The maximum Gasteiger partial charge on any atom is 0.511 e. The second kappa shape index (κ2) is 12.0. The number of ether oxygens (including phenoxy) is 1. The monoisotopic (exact) mass is 576 g/mol. The number of nitrogens with zero attached hydrogens (tertiary/aromatic N) is 2. The van der Waals surface area contributed by atoms with E-state index in [0.29, 0.717) is 41.2 Å². The number of aromatic nitrogens is 2. The molecule has 5 rings (SSSR count). The highest BCUT2D eigenvalue weighted by atomic mass is 32.2. The fourth-order valence-corrected chi connectivity index (χ4v) is 5.92. The molecule has 1 saturated carbocycles. The summed E-state index contributed by atoms with van der Waals surface area (Å²) in [6.07, 6.45) is 3.32. The van der Waals surface area contributed by atoms with E-state index in [1.165, 1.54) is 6.07 Å². The molecule has 0 unspecified atom stereocenters.